The molecule has 1 heterocycles. The summed E-state index contributed by atoms with van der Waals surface area (Å²) in [4.78, 5) is 18.0. The molecule has 2 aromatic rings. The van der Waals surface area contributed by atoms with Crippen LogP contribution in [0.4, 0.5) is 17.2 Å². The van der Waals surface area contributed by atoms with Gasteiger partial charge in [-0.2, -0.15) is 0 Å². The number of para-hydroxylation sites is 1. The van der Waals surface area contributed by atoms with Crippen molar-refractivity contribution in [3.05, 3.63) is 48.7 Å². The quantitative estimate of drug-likeness (QED) is 0.872. The predicted molar refractivity (Wildman–Crippen MR) is 86.9 cm³/mol. The Bertz CT molecular complexity index is 566. The molecule has 0 aliphatic rings. The summed E-state index contributed by atoms with van der Waals surface area (Å²) in [5.74, 6) is 0.620. The Kier molecular flexibility index (Phi) is 5.32. The lowest BCUT2D eigenvalue weighted by atomic mass is 10.2. The summed E-state index contributed by atoms with van der Waals surface area (Å²) >= 11 is 0. The number of hydrogen-bond acceptors (Lipinski definition) is 3. The first-order chi connectivity index (χ1) is 10.2. The first-order valence-corrected chi connectivity index (χ1v) is 7.25. The molecule has 0 fully saturated rings. The summed E-state index contributed by atoms with van der Waals surface area (Å²) in [6.07, 6.45) is 4.23. The minimum Gasteiger partial charge on any atom is -0.343 e. The van der Waals surface area contributed by atoms with Crippen molar-refractivity contribution in [1.29, 1.82) is 0 Å². The zero-order valence-electron chi connectivity index (χ0n) is 12.5. The average Bonchev–Trinajstić information content (AvgIpc) is 2.54. The number of nitrogens with zero attached hydrogens (tertiary/aromatic N) is 2. The van der Waals surface area contributed by atoms with Crippen molar-refractivity contribution in [2.45, 2.75) is 26.2 Å². The van der Waals surface area contributed by atoms with E-state index in [1.165, 1.54) is 0 Å². The van der Waals surface area contributed by atoms with Gasteiger partial charge in [0.25, 0.3) is 0 Å². The fraction of sp³-hybridized carbons (Fsp3) is 0.294. The lowest BCUT2D eigenvalue weighted by molar-refractivity contribution is -0.116. The van der Waals surface area contributed by atoms with E-state index in [1.807, 2.05) is 49.5 Å². The van der Waals surface area contributed by atoms with Crippen LogP contribution < -0.4 is 10.2 Å². The predicted octanol–water partition coefficient (Wildman–Crippen LogP) is 3.98. The fourth-order valence-corrected chi connectivity index (χ4v) is 2.00. The Balaban J connectivity index is 2.00. The summed E-state index contributed by atoms with van der Waals surface area (Å²) in [6.45, 7) is 2.07. The number of amides is 1. The van der Waals surface area contributed by atoms with E-state index in [-0.39, 0.29) is 5.91 Å². The zero-order valence-corrected chi connectivity index (χ0v) is 12.5. The molecule has 0 bridgehead atoms. The molecule has 1 N–H and O–H groups in total. The number of rotatable bonds is 6. The van der Waals surface area contributed by atoms with Crippen molar-refractivity contribution in [2.24, 2.45) is 0 Å². The highest BCUT2D eigenvalue weighted by Crippen LogP contribution is 2.23. The van der Waals surface area contributed by atoms with Crippen molar-refractivity contribution in [2.75, 3.05) is 17.3 Å². The maximum Gasteiger partial charge on any atom is 0.225 e. The molecule has 1 aromatic heterocycles. The van der Waals surface area contributed by atoms with E-state index in [4.69, 9.17) is 0 Å². The average molecular weight is 283 g/mol. The molecule has 0 radical (unpaired) electrons. The minimum absolute atomic E-state index is 0.0218. The molecule has 0 saturated heterocycles. The number of nitrogens with one attached hydrogen (secondary N) is 1. The number of carbonyl (C=O) groups is 1. The highest BCUT2D eigenvalue weighted by molar-refractivity contribution is 5.89. The summed E-state index contributed by atoms with van der Waals surface area (Å²) in [7, 11) is 1.99. The standard InChI is InChI=1S/C17H21N3O/c1-3-4-10-17(21)19-16-12-11-15(13-18-16)20(2)14-8-6-5-7-9-14/h5-9,11-13H,3-4,10H2,1-2H3,(H,18,19,21). The van der Waals surface area contributed by atoms with E-state index in [0.29, 0.717) is 12.2 Å². The molecular weight excluding hydrogens is 262 g/mol. The smallest absolute Gasteiger partial charge is 0.225 e. The van der Waals surface area contributed by atoms with Gasteiger partial charge >= 0.3 is 0 Å². The summed E-state index contributed by atoms with van der Waals surface area (Å²) in [5, 5.41) is 2.81. The topological polar surface area (TPSA) is 45.2 Å². The first-order valence-electron chi connectivity index (χ1n) is 7.25. The Morgan fingerprint density at radius 1 is 1.14 bits per heavy atom. The van der Waals surface area contributed by atoms with Crippen LogP contribution in [0.3, 0.4) is 0 Å². The van der Waals surface area contributed by atoms with Gasteiger partial charge in [0, 0.05) is 19.2 Å². The zero-order chi connectivity index (χ0) is 15.1. The molecule has 0 aliphatic carbocycles. The lowest BCUT2D eigenvalue weighted by Gasteiger charge is -2.19. The van der Waals surface area contributed by atoms with Crippen LogP contribution in [0.15, 0.2) is 48.7 Å². The van der Waals surface area contributed by atoms with Gasteiger partial charge in [0.05, 0.1) is 11.9 Å². The molecule has 0 unspecified atom stereocenters. The van der Waals surface area contributed by atoms with Gasteiger partial charge in [-0.1, -0.05) is 31.5 Å². The molecule has 1 amide bonds. The van der Waals surface area contributed by atoms with Crippen LogP contribution in [-0.4, -0.2) is 17.9 Å². The van der Waals surface area contributed by atoms with Crippen LogP contribution in [0, 0.1) is 0 Å². The van der Waals surface area contributed by atoms with Crippen LogP contribution in [-0.2, 0) is 4.79 Å². The second-order valence-corrected chi connectivity index (χ2v) is 4.95. The Labute approximate surface area is 125 Å². The van der Waals surface area contributed by atoms with Gasteiger partial charge in [-0.3, -0.25) is 4.79 Å². The number of carbonyl (C=O) groups excluding carboxylic acids is 1. The highest BCUT2D eigenvalue weighted by Gasteiger charge is 2.06. The molecule has 4 nitrogen and oxygen atoms in total. The van der Waals surface area contributed by atoms with Gasteiger partial charge in [-0.25, -0.2) is 4.98 Å². The number of unbranched alkanes of at least 4 members (excludes halogenated alkanes) is 1. The third kappa shape index (κ3) is 4.31. The number of hydrogen-bond donors (Lipinski definition) is 1. The monoisotopic (exact) mass is 283 g/mol. The molecule has 0 spiro atoms. The molecular formula is C17H21N3O. The van der Waals surface area contributed by atoms with E-state index < -0.39 is 0 Å². The second-order valence-electron chi connectivity index (χ2n) is 4.95. The van der Waals surface area contributed by atoms with Gasteiger partial charge in [0.15, 0.2) is 0 Å². The van der Waals surface area contributed by atoms with Crippen LogP contribution in [0.25, 0.3) is 0 Å². The fourth-order valence-electron chi connectivity index (χ4n) is 2.00. The molecule has 110 valence electrons. The number of pyridine rings is 1. The van der Waals surface area contributed by atoms with Gasteiger partial charge in [0.1, 0.15) is 5.82 Å². The van der Waals surface area contributed by atoms with Gasteiger partial charge < -0.3 is 10.2 Å². The van der Waals surface area contributed by atoms with Gasteiger partial charge in [-0.15, -0.1) is 0 Å². The summed E-state index contributed by atoms with van der Waals surface area (Å²) in [6, 6.07) is 13.9. The SMILES string of the molecule is CCCCC(=O)Nc1ccc(N(C)c2ccccc2)cn1. The maximum absolute atomic E-state index is 11.7. The van der Waals surface area contributed by atoms with Crippen LogP contribution >= 0.6 is 0 Å². The van der Waals surface area contributed by atoms with Crippen LogP contribution in [0.5, 0.6) is 0 Å². The van der Waals surface area contributed by atoms with Gasteiger partial charge in [0.2, 0.25) is 5.91 Å². The maximum atomic E-state index is 11.7. The van der Waals surface area contributed by atoms with Crippen LogP contribution in [0.1, 0.15) is 26.2 Å². The molecule has 4 heteroatoms. The van der Waals surface area contributed by atoms with Crippen molar-refractivity contribution < 1.29 is 4.79 Å². The minimum atomic E-state index is 0.0218. The third-order valence-electron chi connectivity index (χ3n) is 3.30. The molecule has 2 rings (SSSR count). The Hall–Kier alpha value is -2.36. The summed E-state index contributed by atoms with van der Waals surface area (Å²) < 4.78 is 0. The van der Waals surface area contributed by atoms with E-state index in [1.54, 1.807) is 6.20 Å². The molecule has 0 aliphatic heterocycles. The van der Waals surface area contributed by atoms with Crippen molar-refractivity contribution in [3.63, 3.8) is 0 Å². The molecule has 0 saturated carbocycles. The Morgan fingerprint density at radius 2 is 1.90 bits per heavy atom. The third-order valence-corrected chi connectivity index (χ3v) is 3.30. The number of aromatic nitrogens is 1. The molecule has 21 heavy (non-hydrogen) atoms. The highest BCUT2D eigenvalue weighted by atomic mass is 16.1. The van der Waals surface area contributed by atoms with Crippen molar-refractivity contribution >= 4 is 23.1 Å². The van der Waals surface area contributed by atoms with E-state index in [9.17, 15) is 4.79 Å². The Morgan fingerprint density at radius 3 is 2.52 bits per heavy atom. The molecule has 1 aromatic carbocycles. The summed E-state index contributed by atoms with van der Waals surface area (Å²) in [5.41, 5.74) is 2.08. The van der Waals surface area contributed by atoms with E-state index in [0.717, 1.165) is 24.2 Å². The largest absolute Gasteiger partial charge is 0.343 e. The molecule has 0 atom stereocenters. The van der Waals surface area contributed by atoms with E-state index in [2.05, 4.69) is 22.1 Å². The lowest BCUT2D eigenvalue weighted by Crippen LogP contribution is -2.13. The number of benzene rings is 1. The van der Waals surface area contributed by atoms with Crippen molar-refractivity contribution in [1.82, 2.24) is 4.98 Å². The van der Waals surface area contributed by atoms with Gasteiger partial charge in [-0.05, 0) is 30.7 Å². The second kappa shape index (κ2) is 7.43. The van der Waals surface area contributed by atoms with E-state index >= 15 is 0 Å². The number of anilines is 3. The van der Waals surface area contributed by atoms with Crippen LogP contribution in [0.2, 0.25) is 0 Å². The van der Waals surface area contributed by atoms with Crippen molar-refractivity contribution in [3.8, 4) is 0 Å². The normalized spacial score (nSPS) is 10.2. The first kappa shape index (κ1) is 15.0.